The van der Waals surface area contributed by atoms with Crippen LogP contribution in [-0.2, 0) is 33.8 Å². The molecule has 0 amide bonds. The SMILES string of the molecule is [B]Cc1cc(C[B])c(C(=O)OC(CS(=O)(=O)O)C(F)(F)F)c(C[B])c1O. The van der Waals surface area contributed by atoms with Gasteiger partial charge in [-0.25, -0.2) is 4.79 Å². The number of phenolic OH excluding ortho intramolecular Hbond substituents is 1. The summed E-state index contributed by atoms with van der Waals surface area (Å²) in [5, 5.41) is 10.1. The third kappa shape index (κ3) is 5.44. The van der Waals surface area contributed by atoms with Crippen molar-refractivity contribution in [3.63, 3.8) is 0 Å². The zero-order valence-electron chi connectivity index (χ0n) is 13.3. The van der Waals surface area contributed by atoms with Gasteiger partial charge in [0.2, 0.25) is 6.10 Å². The molecular weight excluding hydrogens is 374 g/mol. The van der Waals surface area contributed by atoms with E-state index < -0.39 is 51.8 Å². The summed E-state index contributed by atoms with van der Waals surface area (Å²) in [4.78, 5) is 12.2. The Morgan fingerprint density at radius 3 is 2.08 bits per heavy atom. The summed E-state index contributed by atoms with van der Waals surface area (Å²) in [5.41, 5.74) is -0.602. The van der Waals surface area contributed by atoms with Crippen LogP contribution in [0.2, 0.25) is 0 Å². The average Bonchev–Trinajstić information content (AvgIpc) is 2.51. The van der Waals surface area contributed by atoms with E-state index in [1.165, 1.54) is 6.07 Å². The molecule has 1 aromatic rings. The van der Waals surface area contributed by atoms with Crippen molar-refractivity contribution in [3.05, 3.63) is 28.3 Å². The molecule has 0 saturated carbocycles. The van der Waals surface area contributed by atoms with Gasteiger partial charge in [-0.15, -0.1) is 0 Å². The standard InChI is InChI=1S/C13H12B3F3O6S/c14-2-6-1-7(3-15)11(20)8(4-16)10(6)12(21)25-9(13(17,18)19)5-26(22,23)24/h1,9,20H,2-5H2,(H,22,23,24). The average molecular weight is 386 g/mol. The van der Waals surface area contributed by atoms with Crippen LogP contribution in [0, 0.1) is 0 Å². The van der Waals surface area contributed by atoms with E-state index in [9.17, 15) is 31.5 Å². The van der Waals surface area contributed by atoms with Crippen LogP contribution in [0.4, 0.5) is 13.2 Å². The van der Waals surface area contributed by atoms with Crippen LogP contribution in [0.5, 0.6) is 5.75 Å². The fourth-order valence-electron chi connectivity index (χ4n) is 2.20. The van der Waals surface area contributed by atoms with Crippen molar-refractivity contribution in [2.45, 2.75) is 31.2 Å². The molecule has 6 radical (unpaired) electrons. The van der Waals surface area contributed by atoms with Crippen LogP contribution >= 0.6 is 0 Å². The summed E-state index contributed by atoms with van der Waals surface area (Å²) in [6.07, 6.45) is -9.32. The Kier molecular flexibility index (Phi) is 7.23. The quantitative estimate of drug-likeness (QED) is 0.399. The zero-order valence-corrected chi connectivity index (χ0v) is 14.1. The molecule has 0 bridgehead atoms. The minimum absolute atomic E-state index is 0.00137. The number of carbonyl (C=O) groups is 1. The van der Waals surface area contributed by atoms with Gasteiger partial charge < -0.3 is 9.84 Å². The molecule has 0 aliphatic carbocycles. The van der Waals surface area contributed by atoms with E-state index in [1.807, 2.05) is 0 Å². The lowest BCUT2D eigenvalue weighted by atomic mass is 9.81. The number of halogens is 3. The van der Waals surface area contributed by atoms with Gasteiger partial charge in [0.15, 0.2) is 0 Å². The maximum Gasteiger partial charge on any atom is 0.426 e. The van der Waals surface area contributed by atoms with Crippen molar-refractivity contribution >= 4 is 39.6 Å². The Bertz CT molecular complexity index is 782. The van der Waals surface area contributed by atoms with Crippen molar-refractivity contribution < 1.29 is 40.8 Å². The zero-order chi connectivity index (χ0) is 20.3. The molecule has 1 rings (SSSR count). The molecular formula is C13H12B3F3O6S. The number of hydrogen-bond acceptors (Lipinski definition) is 5. The van der Waals surface area contributed by atoms with Crippen molar-refractivity contribution in [2.75, 3.05) is 5.75 Å². The van der Waals surface area contributed by atoms with E-state index in [2.05, 4.69) is 4.74 Å². The van der Waals surface area contributed by atoms with E-state index in [1.54, 1.807) is 0 Å². The van der Waals surface area contributed by atoms with Crippen LogP contribution in [0.15, 0.2) is 6.07 Å². The maximum absolute atomic E-state index is 12.9. The number of hydrogen-bond donors (Lipinski definition) is 2. The fourth-order valence-corrected chi connectivity index (χ4v) is 2.84. The molecule has 1 aromatic carbocycles. The first-order chi connectivity index (χ1) is 11.9. The smallest absolute Gasteiger partial charge is 0.426 e. The van der Waals surface area contributed by atoms with E-state index in [4.69, 9.17) is 28.1 Å². The number of carbonyl (C=O) groups excluding carboxylic acids is 1. The topological polar surface area (TPSA) is 101 Å². The first-order valence-corrected chi connectivity index (χ1v) is 8.66. The van der Waals surface area contributed by atoms with Gasteiger partial charge in [0.25, 0.3) is 10.1 Å². The minimum atomic E-state index is -5.27. The number of esters is 1. The van der Waals surface area contributed by atoms with E-state index in [0.29, 0.717) is 0 Å². The van der Waals surface area contributed by atoms with Crippen molar-refractivity contribution in [2.24, 2.45) is 0 Å². The summed E-state index contributed by atoms with van der Waals surface area (Å²) < 4.78 is 73.2. The molecule has 0 saturated heterocycles. The van der Waals surface area contributed by atoms with Gasteiger partial charge in [0.1, 0.15) is 11.5 Å². The summed E-state index contributed by atoms with van der Waals surface area (Å²) in [7, 11) is 11.3. The van der Waals surface area contributed by atoms with E-state index >= 15 is 0 Å². The molecule has 13 heteroatoms. The van der Waals surface area contributed by atoms with Crippen molar-refractivity contribution in [1.82, 2.24) is 0 Å². The number of ether oxygens (including phenoxy) is 1. The summed E-state index contributed by atoms with van der Waals surface area (Å²) in [5.74, 6) is -3.99. The minimum Gasteiger partial charge on any atom is -0.507 e. The molecule has 2 N–H and O–H groups in total. The number of aromatic hydroxyl groups is 1. The predicted molar refractivity (Wildman–Crippen MR) is 88.2 cm³/mol. The number of alkyl halides is 3. The van der Waals surface area contributed by atoms with Gasteiger partial charge >= 0.3 is 12.1 Å². The molecule has 0 fully saturated rings. The van der Waals surface area contributed by atoms with Gasteiger partial charge in [-0.3, -0.25) is 4.55 Å². The second-order valence-corrected chi connectivity index (χ2v) is 6.69. The third-order valence-electron chi connectivity index (χ3n) is 3.39. The van der Waals surface area contributed by atoms with Gasteiger partial charge in [0.05, 0.1) is 29.1 Å². The second-order valence-electron chi connectivity index (χ2n) is 5.19. The molecule has 0 aliphatic rings. The highest BCUT2D eigenvalue weighted by Crippen LogP contribution is 2.32. The first-order valence-electron chi connectivity index (χ1n) is 7.05. The Morgan fingerprint density at radius 2 is 1.69 bits per heavy atom. The highest BCUT2D eigenvalue weighted by atomic mass is 32.2. The molecule has 0 aromatic heterocycles. The molecule has 0 spiro atoms. The van der Waals surface area contributed by atoms with Crippen LogP contribution in [-0.4, -0.2) is 65.6 Å². The Labute approximate surface area is 152 Å². The lowest BCUT2D eigenvalue weighted by molar-refractivity contribution is -0.197. The first kappa shape index (κ1) is 22.4. The van der Waals surface area contributed by atoms with Crippen LogP contribution in [0.25, 0.3) is 0 Å². The summed E-state index contributed by atoms with van der Waals surface area (Å²) >= 11 is 0. The summed E-state index contributed by atoms with van der Waals surface area (Å²) in [6.45, 7) is 0. The van der Waals surface area contributed by atoms with E-state index in [0.717, 1.165) is 0 Å². The van der Waals surface area contributed by atoms with Crippen LogP contribution in [0.3, 0.4) is 0 Å². The van der Waals surface area contributed by atoms with Gasteiger partial charge in [-0.1, -0.05) is 25.0 Å². The highest BCUT2D eigenvalue weighted by molar-refractivity contribution is 7.85. The van der Waals surface area contributed by atoms with E-state index in [-0.39, 0.29) is 29.3 Å². The second kappa shape index (κ2) is 8.38. The largest absolute Gasteiger partial charge is 0.507 e. The monoisotopic (exact) mass is 386 g/mol. The molecule has 0 heterocycles. The number of benzene rings is 1. The normalized spacial score (nSPS) is 13.4. The van der Waals surface area contributed by atoms with Gasteiger partial charge in [-0.05, 0) is 11.1 Å². The van der Waals surface area contributed by atoms with Crippen LogP contribution < -0.4 is 0 Å². The Hall–Kier alpha value is -1.62. The highest BCUT2D eigenvalue weighted by Gasteiger charge is 2.46. The molecule has 0 aliphatic heterocycles. The maximum atomic E-state index is 12.9. The van der Waals surface area contributed by atoms with Crippen LogP contribution in [0.1, 0.15) is 27.0 Å². The Balaban J connectivity index is 3.41. The van der Waals surface area contributed by atoms with Crippen molar-refractivity contribution in [3.8, 4) is 5.75 Å². The summed E-state index contributed by atoms with van der Waals surface area (Å²) in [6, 6.07) is 1.20. The van der Waals surface area contributed by atoms with Gasteiger partial charge in [-0.2, -0.15) is 21.6 Å². The number of rotatable bonds is 7. The molecule has 26 heavy (non-hydrogen) atoms. The Morgan fingerprint density at radius 1 is 1.15 bits per heavy atom. The fraction of sp³-hybridized carbons (Fsp3) is 0.462. The lowest BCUT2D eigenvalue weighted by Gasteiger charge is -2.22. The third-order valence-corrected chi connectivity index (χ3v) is 4.11. The molecule has 1 atom stereocenters. The lowest BCUT2D eigenvalue weighted by Crippen LogP contribution is -2.39. The predicted octanol–water partition coefficient (Wildman–Crippen LogP) is 0.373. The van der Waals surface area contributed by atoms with Crippen molar-refractivity contribution in [1.29, 1.82) is 0 Å². The molecule has 1 unspecified atom stereocenters. The van der Waals surface area contributed by atoms with Gasteiger partial charge in [0, 0.05) is 5.56 Å². The number of phenols is 1. The molecule has 136 valence electrons. The molecule has 6 nitrogen and oxygen atoms in total.